The van der Waals surface area contributed by atoms with Gasteiger partial charge in [-0.2, -0.15) is 0 Å². The molecule has 0 atom stereocenters. The van der Waals surface area contributed by atoms with E-state index < -0.39 is 21.5 Å². The Hall–Kier alpha value is -2.65. The smallest absolute Gasteiger partial charge is 0.291 e. The Labute approximate surface area is 164 Å². The second-order valence-electron chi connectivity index (χ2n) is 7.63. The van der Waals surface area contributed by atoms with Crippen LogP contribution in [-0.2, 0) is 10.0 Å². The first kappa shape index (κ1) is 21.6. The highest BCUT2D eigenvalue weighted by atomic mass is 32.2. The summed E-state index contributed by atoms with van der Waals surface area (Å²) >= 11 is 0. The molecule has 0 spiro atoms. The van der Waals surface area contributed by atoms with Gasteiger partial charge in [-0.15, -0.1) is 0 Å². The van der Waals surface area contributed by atoms with Crippen LogP contribution >= 0.6 is 0 Å². The first-order valence-electron chi connectivity index (χ1n) is 8.73. The molecule has 2 rings (SSSR count). The van der Waals surface area contributed by atoms with Crippen LogP contribution in [0, 0.1) is 0 Å². The molecule has 0 unspecified atom stereocenters. The molecule has 1 heterocycles. The average Bonchev–Trinajstić information content (AvgIpc) is 3.03. The fourth-order valence-corrected chi connectivity index (χ4v) is 3.64. The van der Waals surface area contributed by atoms with Gasteiger partial charge in [-0.3, -0.25) is 9.59 Å². The summed E-state index contributed by atoms with van der Waals surface area (Å²) in [7, 11) is -3.87. The van der Waals surface area contributed by atoms with Crippen molar-refractivity contribution in [2.24, 2.45) is 0 Å². The minimum atomic E-state index is -3.87. The van der Waals surface area contributed by atoms with Crippen LogP contribution in [0.25, 0.3) is 0 Å². The van der Waals surface area contributed by atoms with Crippen LogP contribution in [0.5, 0.6) is 0 Å². The predicted molar refractivity (Wildman–Crippen MR) is 106 cm³/mol. The molecule has 152 valence electrons. The lowest BCUT2D eigenvalue weighted by atomic mass is 10.1. The summed E-state index contributed by atoms with van der Waals surface area (Å²) in [6.07, 6.45) is 0. The topological polar surface area (TPSA) is 118 Å². The van der Waals surface area contributed by atoms with Crippen LogP contribution < -0.4 is 15.4 Å². The van der Waals surface area contributed by atoms with Crippen LogP contribution in [0.15, 0.2) is 45.9 Å². The number of carbonyl (C=O) groups excluding carboxylic acids is 2. The molecule has 9 heteroatoms. The zero-order chi connectivity index (χ0) is 21.1. The van der Waals surface area contributed by atoms with Crippen LogP contribution in [0.3, 0.4) is 0 Å². The van der Waals surface area contributed by atoms with E-state index in [1.165, 1.54) is 12.1 Å². The molecule has 1 aromatic carbocycles. The lowest BCUT2D eigenvalue weighted by Gasteiger charge is -2.18. The second kappa shape index (κ2) is 8.15. The molecule has 0 aliphatic carbocycles. The van der Waals surface area contributed by atoms with E-state index >= 15 is 0 Å². The third kappa shape index (κ3) is 5.93. The van der Waals surface area contributed by atoms with E-state index in [-0.39, 0.29) is 22.8 Å². The monoisotopic (exact) mass is 407 g/mol. The molecular formula is C19H25N3O5S. The van der Waals surface area contributed by atoms with Crippen molar-refractivity contribution in [3.8, 4) is 0 Å². The van der Waals surface area contributed by atoms with E-state index in [1.807, 2.05) is 13.8 Å². The van der Waals surface area contributed by atoms with Gasteiger partial charge in [0.15, 0.2) is 5.76 Å². The molecule has 0 aliphatic rings. The number of sulfonamides is 1. The normalized spacial score (nSPS) is 12.1. The van der Waals surface area contributed by atoms with E-state index in [4.69, 9.17) is 4.42 Å². The Morgan fingerprint density at radius 1 is 0.964 bits per heavy atom. The van der Waals surface area contributed by atoms with Gasteiger partial charge in [0.2, 0.25) is 5.09 Å². The fourth-order valence-electron chi connectivity index (χ4n) is 2.28. The number of furan rings is 1. The highest BCUT2D eigenvalue weighted by Crippen LogP contribution is 2.18. The number of hydrogen-bond donors (Lipinski definition) is 3. The zero-order valence-electron chi connectivity index (χ0n) is 16.5. The molecule has 2 aromatic rings. The molecule has 0 saturated carbocycles. The van der Waals surface area contributed by atoms with Crippen molar-refractivity contribution >= 4 is 27.5 Å². The van der Waals surface area contributed by atoms with Crippen molar-refractivity contribution in [2.45, 2.75) is 51.3 Å². The molecule has 2 amide bonds. The molecule has 0 bridgehead atoms. The molecule has 1 aromatic heterocycles. The van der Waals surface area contributed by atoms with Gasteiger partial charge in [0, 0.05) is 22.8 Å². The summed E-state index contributed by atoms with van der Waals surface area (Å²) in [5.41, 5.74) is 0.225. The summed E-state index contributed by atoms with van der Waals surface area (Å²) < 4.78 is 32.2. The van der Waals surface area contributed by atoms with E-state index in [2.05, 4.69) is 15.4 Å². The maximum atomic E-state index is 12.3. The SMILES string of the molecule is CC(C)NC(=O)c1ccc(NC(=O)c2ccc(S(=O)(=O)NC(C)(C)C)o2)cc1. The van der Waals surface area contributed by atoms with Gasteiger partial charge in [0.1, 0.15) is 0 Å². The number of amides is 2. The summed E-state index contributed by atoms with van der Waals surface area (Å²) in [5.74, 6) is -0.951. The van der Waals surface area contributed by atoms with E-state index in [9.17, 15) is 18.0 Å². The Morgan fingerprint density at radius 3 is 2.11 bits per heavy atom. The van der Waals surface area contributed by atoms with Gasteiger partial charge in [-0.25, -0.2) is 13.1 Å². The van der Waals surface area contributed by atoms with Gasteiger partial charge < -0.3 is 15.1 Å². The van der Waals surface area contributed by atoms with Crippen molar-refractivity contribution < 1.29 is 22.4 Å². The summed E-state index contributed by atoms with van der Waals surface area (Å²) in [4.78, 5) is 24.2. The van der Waals surface area contributed by atoms with E-state index in [1.54, 1.807) is 45.0 Å². The molecule has 3 N–H and O–H groups in total. The number of benzene rings is 1. The van der Waals surface area contributed by atoms with Crippen molar-refractivity contribution in [2.75, 3.05) is 5.32 Å². The predicted octanol–water partition coefficient (Wildman–Crippen LogP) is 2.75. The Morgan fingerprint density at radius 2 is 1.57 bits per heavy atom. The van der Waals surface area contributed by atoms with Gasteiger partial charge in [-0.1, -0.05) is 0 Å². The molecule has 0 saturated heterocycles. The standard InChI is InChI=1S/C19H25N3O5S/c1-12(2)20-17(23)13-6-8-14(9-7-13)21-18(24)15-10-11-16(27-15)28(25,26)22-19(3,4)5/h6-12,22H,1-5H3,(H,20,23)(H,21,24). The lowest BCUT2D eigenvalue weighted by molar-refractivity contribution is 0.0942. The van der Waals surface area contributed by atoms with Crippen LogP contribution in [0.2, 0.25) is 0 Å². The first-order valence-corrected chi connectivity index (χ1v) is 10.2. The van der Waals surface area contributed by atoms with Crippen molar-refractivity contribution in [1.82, 2.24) is 10.0 Å². The quantitative estimate of drug-likeness (QED) is 0.681. The number of nitrogens with one attached hydrogen (secondary N) is 3. The highest BCUT2D eigenvalue weighted by Gasteiger charge is 2.26. The van der Waals surface area contributed by atoms with Gasteiger partial charge >= 0.3 is 0 Å². The highest BCUT2D eigenvalue weighted by molar-refractivity contribution is 7.89. The molecule has 0 radical (unpaired) electrons. The second-order valence-corrected chi connectivity index (χ2v) is 9.25. The van der Waals surface area contributed by atoms with Crippen molar-refractivity contribution in [3.05, 3.63) is 47.7 Å². The number of anilines is 1. The van der Waals surface area contributed by atoms with Crippen LogP contribution in [-0.4, -0.2) is 31.8 Å². The fraction of sp³-hybridized carbons (Fsp3) is 0.368. The van der Waals surface area contributed by atoms with Gasteiger partial charge in [0.25, 0.3) is 21.8 Å². The first-order chi connectivity index (χ1) is 12.9. The third-order valence-corrected chi connectivity index (χ3v) is 4.97. The number of hydrogen-bond acceptors (Lipinski definition) is 5. The number of carbonyl (C=O) groups is 2. The maximum absolute atomic E-state index is 12.3. The Balaban J connectivity index is 2.08. The average molecular weight is 407 g/mol. The molecule has 0 fully saturated rings. The summed E-state index contributed by atoms with van der Waals surface area (Å²) in [6, 6.07) is 8.85. The lowest BCUT2D eigenvalue weighted by Crippen LogP contribution is -2.40. The Bertz CT molecular complexity index is 954. The van der Waals surface area contributed by atoms with Crippen LogP contribution in [0.1, 0.15) is 55.5 Å². The third-order valence-electron chi connectivity index (χ3n) is 3.34. The number of rotatable bonds is 6. The molecule has 8 nitrogen and oxygen atoms in total. The van der Waals surface area contributed by atoms with Gasteiger partial charge in [-0.05, 0) is 71.0 Å². The minimum Gasteiger partial charge on any atom is -0.438 e. The summed E-state index contributed by atoms with van der Waals surface area (Å²) in [5, 5.41) is 5.03. The molecular weight excluding hydrogens is 382 g/mol. The minimum absolute atomic E-state index is 0.0177. The largest absolute Gasteiger partial charge is 0.438 e. The maximum Gasteiger partial charge on any atom is 0.291 e. The van der Waals surface area contributed by atoms with Gasteiger partial charge in [0.05, 0.1) is 0 Å². The Kier molecular flexibility index (Phi) is 6.30. The molecule has 0 aliphatic heterocycles. The molecule has 28 heavy (non-hydrogen) atoms. The van der Waals surface area contributed by atoms with Crippen molar-refractivity contribution in [1.29, 1.82) is 0 Å². The summed E-state index contributed by atoms with van der Waals surface area (Å²) in [6.45, 7) is 8.83. The zero-order valence-corrected chi connectivity index (χ0v) is 17.3. The van der Waals surface area contributed by atoms with E-state index in [0.717, 1.165) is 0 Å². The van der Waals surface area contributed by atoms with Crippen molar-refractivity contribution in [3.63, 3.8) is 0 Å². The van der Waals surface area contributed by atoms with Crippen LogP contribution in [0.4, 0.5) is 5.69 Å². The van der Waals surface area contributed by atoms with E-state index in [0.29, 0.717) is 11.3 Å².